The van der Waals surface area contributed by atoms with E-state index in [1.165, 1.54) is 30.3 Å². The number of carboxylic acids is 1. The zero-order valence-electron chi connectivity index (χ0n) is 10.4. The Kier molecular flexibility index (Phi) is 3.06. The zero-order chi connectivity index (χ0) is 14.1. The molecule has 0 aliphatic heterocycles. The Balaban J connectivity index is 1.94. The molecular weight excluding hydrogens is 263 g/mol. The van der Waals surface area contributed by atoms with Gasteiger partial charge in [0.05, 0.1) is 0 Å². The minimum atomic E-state index is -1.17. The van der Waals surface area contributed by atoms with Gasteiger partial charge in [0.25, 0.3) is 5.89 Å². The van der Waals surface area contributed by atoms with Crippen LogP contribution >= 0.6 is 0 Å². The van der Waals surface area contributed by atoms with E-state index in [9.17, 15) is 14.3 Å². The highest BCUT2D eigenvalue weighted by Gasteiger charge is 2.30. The molecule has 1 aliphatic rings. The molecule has 0 saturated heterocycles. The molecule has 1 aliphatic carbocycles. The van der Waals surface area contributed by atoms with Crippen LogP contribution in [0.4, 0.5) is 4.39 Å². The first-order valence-electron chi connectivity index (χ1n) is 6.18. The molecule has 20 heavy (non-hydrogen) atoms. The summed E-state index contributed by atoms with van der Waals surface area (Å²) in [6.45, 7) is 0. The Labute approximate surface area is 113 Å². The van der Waals surface area contributed by atoms with Crippen LogP contribution in [0.15, 0.2) is 28.7 Å². The SMILES string of the molecule is O=C(O)/C(=C\c1ccc(F)cc1)c1nnc(C2CC2)o1. The Morgan fingerprint density at radius 1 is 1.30 bits per heavy atom. The van der Waals surface area contributed by atoms with Crippen molar-refractivity contribution in [2.45, 2.75) is 18.8 Å². The number of benzene rings is 1. The summed E-state index contributed by atoms with van der Waals surface area (Å²) in [6, 6.07) is 5.48. The molecule has 1 heterocycles. The number of aromatic nitrogens is 2. The predicted molar refractivity (Wildman–Crippen MR) is 68.2 cm³/mol. The fourth-order valence-corrected chi connectivity index (χ4v) is 1.78. The monoisotopic (exact) mass is 274 g/mol. The van der Waals surface area contributed by atoms with Crippen LogP contribution in [0, 0.1) is 5.82 Å². The minimum Gasteiger partial charge on any atom is -0.477 e. The Morgan fingerprint density at radius 3 is 2.60 bits per heavy atom. The second kappa shape index (κ2) is 4.88. The first-order chi connectivity index (χ1) is 9.63. The standard InChI is InChI=1S/C14H11FN2O3/c15-10-5-1-8(2-6-10)7-11(14(18)19)13-17-16-12(20-13)9-3-4-9/h1-2,5-7,9H,3-4H2,(H,18,19)/b11-7-. The fraction of sp³-hybridized carbons (Fsp3) is 0.214. The Hall–Kier alpha value is -2.50. The molecule has 1 aromatic carbocycles. The predicted octanol–water partition coefficient (Wildman–Crippen LogP) is 2.71. The number of aliphatic carboxylic acids is 1. The van der Waals surface area contributed by atoms with Crippen LogP contribution in [0.3, 0.4) is 0 Å². The average molecular weight is 274 g/mol. The summed E-state index contributed by atoms with van der Waals surface area (Å²) in [5, 5.41) is 16.9. The molecule has 1 N–H and O–H groups in total. The van der Waals surface area contributed by atoms with Crippen LogP contribution in [0.2, 0.25) is 0 Å². The number of carboxylic acid groups (broad SMARTS) is 1. The van der Waals surface area contributed by atoms with E-state index < -0.39 is 5.97 Å². The maximum atomic E-state index is 12.8. The maximum absolute atomic E-state index is 12.8. The van der Waals surface area contributed by atoms with Crippen molar-refractivity contribution in [3.05, 3.63) is 47.4 Å². The number of carbonyl (C=O) groups is 1. The van der Waals surface area contributed by atoms with Crippen molar-refractivity contribution in [1.82, 2.24) is 10.2 Å². The van der Waals surface area contributed by atoms with E-state index in [1.807, 2.05) is 0 Å². The van der Waals surface area contributed by atoms with Gasteiger partial charge in [-0.05, 0) is 36.6 Å². The van der Waals surface area contributed by atoms with Gasteiger partial charge in [-0.3, -0.25) is 0 Å². The van der Waals surface area contributed by atoms with Gasteiger partial charge in [0.15, 0.2) is 0 Å². The van der Waals surface area contributed by atoms with Crippen molar-refractivity contribution in [3.63, 3.8) is 0 Å². The van der Waals surface area contributed by atoms with E-state index in [1.54, 1.807) is 0 Å². The van der Waals surface area contributed by atoms with Gasteiger partial charge in [0.1, 0.15) is 11.4 Å². The molecule has 3 rings (SSSR count). The van der Waals surface area contributed by atoms with E-state index in [4.69, 9.17) is 4.42 Å². The van der Waals surface area contributed by atoms with Crippen molar-refractivity contribution in [2.75, 3.05) is 0 Å². The van der Waals surface area contributed by atoms with Gasteiger partial charge in [-0.1, -0.05) is 12.1 Å². The molecule has 0 amide bonds. The molecule has 0 atom stereocenters. The number of halogens is 1. The minimum absolute atomic E-state index is 0.0243. The summed E-state index contributed by atoms with van der Waals surface area (Å²) >= 11 is 0. The third-order valence-electron chi connectivity index (χ3n) is 3.01. The molecular formula is C14H11FN2O3. The van der Waals surface area contributed by atoms with Crippen molar-refractivity contribution in [2.24, 2.45) is 0 Å². The molecule has 1 aromatic heterocycles. The lowest BCUT2D eigenvalue weighted by atomic mass is 10.1. The molecule has 5 nitrogen and oxygen atoms in total. The third kappa shape index (κ3) is 2.59. The quantitative estimate of drug-likeness (QED) is 0.867. The van der Waals surface area contributed by atoms with Gasteiger partial charge in [-0.25, -0.2) is 9.18 Å². The molecule has 0 bridgehead atoms. The summed E-state index contributed by atoms with van der Waals surface area (Å²) in [7, 11) is 0. The number of hydrogen-bond donors (Lipinski definition) is 1. The number of rotatable bonds is 4. The van der Waals surface area contributed by atoms with Gasteiger partial charge in [-0.2, -0.15) is 0 Å². The second-order valence-electron chi connectivity index (χ2n) is 4.63. The first kappa shape index (κ1) is 12.5. The summed E-state index contributed by atoms with van der Waals surface area (Å²) in [6.07, 6.45) is 3.36. The first-order valence-corrected chi connectivity index (χ1v) is 6.18. The number of nitrogens with zero attached hydrogens (tertiary/aromatic N) is 2. The third-order valence-corrected chi connectivity index (χ3v) is 3.01. The van der Waals surface area contributed by atoms with Crippen molar-refractivity contribution >= 4 is 17.6 Å². The molecule has 2 aromatic rings. The van der Waals surface area contributed by atoms with Crippen LogP contribution in [-0.2, 0) is 4.79 Å². The molecule has 0 spiro atoms. The summed E-state index contributed by atoms with van der Waals surface area (Å²) in [5.74, 6) is -0.833. The fourth-order valence-electron chi connectivity index (χ4n) is 1.78. The lowest BCUT2D eigenvalue weighted by Gasteiger charge is -1.98. The van der Waals surface area contributed by atoms with Crippen LogP contribution < -0.4 is 0 Å². The summed E-state index contributed by atoms with van der Waals surface area (Å²) in [4.78, 5) is 11.3. The van der Waals surface area contributed by atoms with Gasteiger partial charge in [0.2, 0.25) is 5.89 Å². The number of hydrogen-bond acceptors (Lipinski definition) is 4. The Bertz CT molecular complexity index is 672. The van der Waals surface area contributed by atoms with Crippen LogP contribution in [0.25, 0.3) is 11.6 Å². The molecule has 0 radical (unpaired) electrons. The van der Waals surface area contributed by atoms with Crippen LogP contribution in [0.5, 0.6) is 0 Å². The van der Waals surface area contributed by atoms with Crippen LogP contribution in [0.1, 0.15) is 36.1 Å². The Morgan fingerprint density at radius 2 is 2.00 bits per heavy atom. The van der Waals surface area contributed by atoms with Crippen molar-refractivity contribution in [1.29, 1.82) is 0 Å². The summed E-state index contributed by atoms with van der Waals surface area (Å²) < 4.78 is 18.2. The van der Waals surface area contributed by atoms with Gasteiger partial charge < -0.3 is 9.52 Å². The molecule has 6 heteroatoms. The van der Waals surface area contributed by atoms with E-state index >= 15 is 0 Å². The van der Waals surface area contributed by atoms with Crippen molar-refractivity contribution in [3.8, 4) is 0 Å². The summed E-state index contributed by atoms with van der Waals surface area (Å²) in [5.41, 5.74) is 0.450. The highest BCUT2D eigenvalue weighted by molar-refractivity contribution is 6.19. The van der Waals surface area contributed by atoms with E-state index in [2.05, 4.69) is 10.2 Å². The van der Waals surface area contributed by atoms with Gasteiger partial charge in [-0.15, -0.1) is 10.2 Å². The van der Waals surface area contributed by atoms with Gasteiger partial charge in [0, 0.05) is 5.92 Å². The lowest BCUT2D eigenvalue weighted by Crippen LogP contribution is -2.00. The van der Waals surface area contributed by atoms with E-state index in [-0.39, 0.29) is 23.2 Å². The smallest absolute Gasteiger partial charge is 0.341 e. The van der Waals surface area contributed by atoms with E-state index in [0.29, 0.717) is 11.5 Å². The zero-order valence-corrected chi connectivity index (χ0v) is 10.4. The normalized spacial score (nSPS) is 15.3. The maximum Gasteiger partial charge on any atom is 0.341 e. The molecule has 1 fully saturated rings. The molecule has 0 unspecified atom stereocenters. The molecule has 102 valence electrons. The largest absolute Gasteiger partial charge is 0.477 e. The second-order valence-corrected chi connectivity index (χ2v) is 4.63. The highest BCUT2D eigenvalue weighted by atomic mass is 19.1. The molecule has 1 saturated carbocycles. The highest BCUT2D eigenvalue weighted by Crippen LogP contribution is 2.39. The topological polar surface area (TPSA) is 76.2 Å². The van der Waals surface area contributed by atoms with E-state index in [0.717, 1.165) is 12.8 Å². The lowest BCUT2D eigenvalue weighted by molar-refractivity contribution is -0.130. The van der Waals surface area contributed by atoms with Gasteiger partial charge >= 0.3 is 5.97 Å². The average Bonchev–Trinajstić information content (AvgIpc) is 3.16. The van der Waals surface area contributed by atoms with Crippen molar-refractivity contribution < 1.29 is 18.7 Å². The van der Waals surface area contributed by atoms with Crippen LogP contribution in [-0.4, -0.2) is 21.3 Å².